The van der Waals surface area contributed by atoms with Gasteiger partial charge < -0.3 is 15.3 Å². The normalized spacial score (nSPS) is 19.7. The van der Waals surface area contributed by atoms with Gasteiger partial charge in [0.05, 0.1) is 6.10 Å². The fraction of sp³-hybridized carbons (Fsp3) is 0.714. The molecule has 0 bridgehead atoms. The molecule has 1 atom stereocenters. The summed E-state index contributed by atoms with van der Waals surface area (Å²) in [5, 5.41) is 15.1. The number of hydrogen-bond donors (Lipinski definition) is 2. The summed E-state index contributed by atoms with van der Waals surface area (Å²) < 4.78 is 1.18. The molecule has 0 amide bonds. The van der Waals surface area contributed by atoms with Crippen LogP contribution in [0.1, 0.15) is 24.6 Å². The van der Waals surface area contributed by atoms with E-state index in [-0.39, 0.29) is 6.10 Å². The van der Waals surface area contributed by atoms with Crippen LogP contribution in [0.15, 0.2) is 15.9 Å². The summed E-state index contributed by atoms with van der Waals surface area (Å²) in [6, 6.07) is 2.18. The van der Waals surface area contributed by atoms with Gasteiger partial charge in [-0.2, -0.15) is 0 Å². The van der Waals surface area contributed by atoms with E-state index in [1.165, 1.54) is 22.2 Å². The van der Waals surface area contributed by atoms with Crippen LogP contribution >= 0.6 is 27.3 Å². The highest BCUT2D eigenvalue weighted by Crippen LogP contribution is 2.20. The summed E-state index contributed by atoms with van der Waals surface area (Å²) in [6.45, 7) is 7.03. The minimum absolute atomic E-state index is 0.202. The number of piperidine rings is 1. The van der Waals surface area contributed by atoms with E-state index in [0.717, 1.165) is 38.6 Å². The molecule has 0 aromatic carbocycles. The minimum atomic E-state index is -0.202. The second kappa shape index (κ2) is 7.74. The lowest BCUT2D eigenvalue weighted by molar-refractivity contribution is 0.0998. The van der Waals surface area contributed by atoms with Gasteiger partial charge in [-0.1, -0.05) is 0 Å². The summed E-state index contributed by atoms with van der Waals surface area (Å²) in [4.78, 5) is 3.76. The van der Waals surface area contributed by atoms with E-state index in [4.69, 9.17) is 0 Å². The number of halogens is 1. The molecule has 1 saturated heterocycles. The number of rotatable bonds is 6. The Kier molecular flexibility index (Phi) is 6.29. The highest BCUT2D eigenvalue weighted by atomic mass is 79.9. The van der Waals surface area contributed by atoms with Gasteiger partial charge in [0.25, 0.3) is 0 Å². The molecule has 1 aromatic rings. The third-order valence-electron chi connectivity index (χ3n) is 3.58. The number of β-amino-alcohol motifs (C(OH)–C–C–N with tert-alkyl or cyclic N) is 1. The lowest BCUT2D eigenvalue weighted by atomic mass is 9.96. The first-order valence-electron chi connectivity index (χ1n) is 6.97. The van der Waals surface area contributed by atoms with Gasteiger partial charge in [-0.05, 0) is 67.3 Å². The van der Waals surface area contributed by atoms with E-state index in [1.807, 2.05) is 6.92 Å². The molecule has 0 aliphatic carbocycles. The van der Waals surface area contributed by atoms with E-state index >= 15 is 0 Å². The SMILES string of the molecule is CC(O)CN1CCC(CNCc2cc(Br)cs2)CC1. The average molecular weight is 347 g/mol. The lowest BCUT2D eigenvalue weighted by Gasteiger charge is -2.32. The molecule has 1 fully saturated rings. The fourth-order valence-corrected chi connectivity index (χ4v) is 4.01. The van der Waals surface area contributed by atoms with E-state index in [2.05, 4.69) is 37.6 Å². The van der Waals surface area contributed by atoms with Crippen molar-refractivity contribution in [2.75, 3.05) is 26.2 Å². The third kappa shape index (κ3) is 5.52. The van der Waals surface area contributed by atoms with Crippen LogP contribution in [-0.4, -0.2) is 42.3 Å². The standard InChI is InChI=1S/C14H23BrN2OS/c1-11(18)9-17-4-2-12(3-5-17)7-16-8-14-6-13(15)10-19-14/h6,10-12,16,18H,2-5,7-9H2,1H3. The number of aliphatic hydroxyl groups excluding tert-OH is 1. The molecule has 2 N–H and O–H groups in total. The number of aliphatic hydroxyl groups is 1. The molecule has 0 radical (unpaired) electrons. The molecule has 5 heteroatoms. The van der Waals surface area contributed by atoms with Gasteiger partial charge in [-0.25, -0.2) is 0 Å². The predicted octanol–water partition coefficient (Wildman–Crippen LogP) is 2.69. The fourth-order valence-electron chi connectivity index (χ4n) is 2.59. The van der Waals surface area contributed by atoms with Gasteiger partial charge in [0, 0.05) is 27.8 Å². The van der Waals surface area contributed by atoms with Gasteiger partial charge in [0.15, 0.2) is 0 Å². The molecular weight excluding hydrogens is 324 g/mol. The Morgan fingerprint density at radius 1 is 1.53 bits per heavy atom. The number of hydrogen-bond acceptors (Lipinski definition) is 4. The molecule has 1 aliphatic rings. The van der Waals surface area contributed by atoms with Gasteiger partial charge in [0.1, 0.15) is 0 Å². The average Bonchev–Trinajstić information content (AvgIpc) is 2.77. The molecule has 0 spiro atoms. The number of thiophene rings is 1. The summed E-state index contributed by atoms with van der Waals surface area (Å²) in [5.41, 5.74) is 0. The zero-order valence-electron chi connectivity index (χ0n) is 11.4. The third-order valence-corrected chi connectivity index (χ3v) is 5.28. The Morgan fingerprint density at radius 3 is 2.84 bits per heavy atom. The molecule has 1 unspecified atom stereocenters. The van der Waals surface area contributed by atoms with Crippen molar-refractivity contribution in [2.45, 2.75) is 32.4 Å². The first-order valence-corrected chi connectivity index (χ1v) is 8.65. The quantitative estimate of drug-likeness (QED) is 0.831. The van der Waals surface area contributed by atoms with Crippen molar-refractivity contribution >= 4 is 27.3 Å². The summed E-state index contributed by atoms with van der Waals surface area (Å²) in [6.07, 6.45) is 2.29. The van der Waals surface area contributed by atoms with Crippen LogP contribution in [-0.2, 0) is 6.54 Å². The monoisotopic (exact) mass is 346 g/mol. The Bertz CT molecular complexity index is 375. The van der Waals surface area contributed by atoms with E-state index in [9.17, 15) is 5.11 Å². The Morgan fingerprint density at radius 2 is 2.26 bits per heavy atom. The minimum Gasteiger partial charge on any atom is -0.392 e. The summed E-state index contributed by atoms with van der Waals surface area (Å²) in [5.74, 6) is 0.786. The lowest BCUT2D eigenvalue weighted by Crippen LogP contribution is -2.40. The Balaban J connectivity index is 1.60. The molecule has 1 aliphatic heterocycles. The number of likely N-dealkylation sites (tertiary alicyclic amines) is 1. The van der Waals surface area contributed by atoms with Crippen LogP contribution in [0, 0.1) is 5.92 Å². The highest BCUT2D eigenvalue weighted by molar-refractivity contribution is 9.10. The largest absolute Gasteiger partial charge is 0.392 e. The molecule has 2 heterocycles. The van der Waals surface area contributed by atoms with Gasteiger partial charge in [-0.3, -0.25) is 0 Å². The Hall–Kier alpha value is 0.0600. The van der Waals surface area contributed by atoms with Gasteiger partial charge in [-0.15, -0.1) is 11.3 Å². The topological polar surface area (TPSA) is 35.5 Å². The molecular formula is C14H23BrN2OS. The van der Waals surface area contributed by atoms with E-state index in [0.29, 0.717) is 0 Å². The second-order valence-corrected chi connectivity index (χ2v) is 7.37. The summed E-state index contributed by atoms with van der Waals surface area (Å²) in [7, 11) is 0. The predicted molar refractivity (Wildman–Crippen MR) is 84.6 cm³/mol. The van der Waals surface area contributed by atoms with Crippen LogP contribution in [0.25, 0.3) is 0 Å². The van der Waals surface area contributed by atoms with Crippen molar-refractivity contribution in [3.8, 4) is 0 Å². The van der Waals surface area contributed by atoms with Gasteiger partial charge in [0.2, 0.25) is 0 Å². The number of nitrogens with zero attached hydrogens (tertiary/aromatic N) is 1. The van der Waals surface area contributed by atoms with E-state index in [1.54, 1.807) is 11.3 Å². The van der Waals surface area contributed by atoms with Gasteiger partial charge >= 0.3 is 0 Å². The molecule has 2 rings (SSSR count). The zero-order valence-corrected chi connectivity index (χ0v) is 13.8. The number of nitrogens with one attached hydrogen (secondary N) is 1. The van der Waals surface area contributed by atoms with Crippen molar-refractivity contribution in [3.05, 3.63) is 20.8 Å². The van der Waals surface area contributed by atoms with Crippen LogP contribution in [0.5, 0.6) is 0 Å². The first kappa shape index (κ1) is 15.4. The van der Waals surface area contributed by atoms with Crippen LogP contribution in [0.3, 0.4) is 0 Å². The maximum Gasteiger partial charge on any atom is 0.0639 e. The molecule has 3 nitrogen and oxygen atoms in total. The zero-order chi connectivity index (χ0) is 13.7. The maximum atomic E-state index is 9.38. The molecule has 19 heavy (non-hydrogen) atoms. The smallest absolute Gasteiger partial charge is 0.0639 e. The first-order chi connectivity index (χ1) is 9.13. The van der Waals surface area contributed by atoms with Crippen molar-refractivity contribution in [3.63, 3.8) is 0 Å². The second-order valence-electron chi connectivity index (χ2n) is 5.46. The van der Waals surface area contributed by atoms with Crippen LogP contribution in [0.4, 0.5) is 0 Å². The van der Waals surface area contributed by atoms with Crippen LogP contribution < -0.4 is 5.32 Å². The van der Waals surface area contributed by atoms with Crippen molar-refractivity contribution in [1.29, 1.82) is 0 Å². The van der Waals surface area contributed by atoms with E-state index < -0.39 is 0 Å². The molecule has 108 valence electrons. The molecule has 1 aromatic heterocycles. The molecule has 0 saturated carbocycles. The van der Waals surface area contributed by atoms with Crippen molar-refractivity contribution in [1.82, 2.24) is 10.2 Å². The maximum absolute atomic E-state index is 9.38. The Labute approximate surface area is 128 Å². The van der Waals surface area contributed by atoms with Crippen molar-refractivity contribution < 1.29 is 5.11 Å². The van der Waals surface area contributed by atoms with Crippen LogP contribution in [0.2, 0.25) is 0 Å². The summed E-state index contributed by atoms with van der Waals surface area (Å²) >= 11 is 5.28. The van der Waals surface area contributed by atoms with Crippen molar-refractivity contribution in [2.24, 2.45) is 5.92 Å². The highest BCUT2D eigenvalue weighted by Gasteiger charge is 2.19.